The Morgan fingerprint density at radius 3 is 2.41 bits per heavy atom. The molecular formula is C20H12F2N2O3. The zero-order valence-electron chi connectivity index (χ0n) is 13.8. The minimum atomic E-state index is -0.617. The number of hydrazine groups is 1. The van der Waals surface area contributed by atoms with E-state index in [4.69, 9.17) is 4.42 Å². The van der Waals surface area contributed by atoms with Crippen LogP contribution < -0.4 is 10.4 Å². The molecule has 1 aliphatic heterocycles. The molecule has 2 heterocycles. The van der Waals surface area contributed by atoms with E-state index in [1.54, 1.807) is 24.3 Å². The van der Waals surface area contributed by atoms with Crippen LogP contribution in [0.2, 0.25) is 0 Å². The van der Waals surface area contributed by atoms with E-state index in [1.807, 2.05) is 0 Å². The van der Waals surface area contributed by atoms with Gasteiger partial charge in [0, 0.05) is 0 Å². The van der Waals surface area contributed by atoms with Crippen molar-refractivity contribution in [2.24, 2.45) is 0 Å². The second-order valence-electron chi connectivity index (χ2n) is 5.80. The zero-order valence-corrected chi connectivity index (χ0v) is 13.8. The lowest BCUT2D eigenvalue weighted by Crippen LogP contribution is -2.35. The normalized spacial score (nSPS) is 15.5. The lowest BCUT2D eigenvalue weighted by Gasteiger charge is -2.14. The molecule has 1 fully saturated rings. The molecule has 1 aliphatic rings. The van der Waals surface area contributed by atoms with E-state index < -0.39 is 23.4 Å². The molecule has 1 N–H and O–H groups in total. The first-order chi connectivity index (χ1) is 13.0. The summed E-state index contributed by atoms with van der Waals surface area (Å²) in [6.07, 6.45) is 1.28. The molecule has 1 aromatic heterocycles. The Bertz CT molecular complexity index is 1070. The van der Waals surface area contributed by atoms with Crippen LogP contribution in [0.5, 0.6) is 0 Å². The first kappa shape index (κ1) is 16.7. The summed E-state index contributed by atoms with van der Waals surface area (Å²) in [6.45, 7) is 0. The fourth-order valence-electron chi connectivity index (χ4n) is 2.71. The van der Waals surface area contributed by atoms with Gasteiger partial charge in [-0.25, -0.2) is 13.8 Å². The molecule has 4 rings (SSSR count). The van der Waals surface area contributed by atoms with E-state index in [2.05, 4.69) is 5.43 Å². The van der Waals surface area contributed by atoms with E-state index in [-0.39, 0.29) is 22.7 Å². The summed E-state index contributed by atoms with van der Waals surface area (Å²) in [5, 5.41) is 1.02. The minimum absolute atomic E-state index is 0.145. The lowest BCUT2D eigenvalue weighted by molar-refractivity contribution is -0.117. The maximum atomic E-state index is 13.9. The highest BCUT2D eigenvalue weighted by Crippen LogP contribution is 2.27. The number of nitrogens with one attached hydrogen (secondary N) is 1. The summed E-state index contributed by atoms with van der Waals surface area (Å²) < 4.78 is 32.4. The van der Waals surface area contributed by atoms with Crippen molar-refractivity contribution in [3.05, 3.63) is 83.6 Å². The monoisotopic (exact) mass is 366 g/mol. The van der Waals surface area contributed by atoms with E-state index in [9.17, 15) is 18.4 Å². The SMILES string of the molecule is O=C1NN(c2ccc(F)cc2)C(=O)C1=Cc1ccc(-c2ccccc2F)o1. The Kier molecular flexibility index (Phi) is 4.04. The maximum Gasteiger partial charge on any atom is 0.282 e. The molecule has 1 saturated heterocycles. The van der Waals surface area contributed by atoms with Crippen LogP contribution in [0.3, 0.4) is 0 Å². The van der Waals surface area contributed by atoms with Crippen LogP contribution in [0, 0.1) is 11.6 Å². The number of amides is 2. The molecule has 0 bridgehead atoms. The quantitative estimate of drug-likeness (QED) is 0.568. The minimum Gasteiger partial charge on any atom is -0.457 e. The van der Waals surface area contributed by atoms with Gasteiger partial charge in [-0.05, 0) is 54.6 Å². The molecule has 3 aromatic rings. The van der Waals surface area contributed by atoms with Gasteiger partial charge in [0.15, 0.2) is 0 Å². The van der Waals surface area contributed by atoms with Gasteiger partial charge in [-0.2, -0.15) is 0 Å². The Balaban J connectivity index is 1.63. The predicted molar refractivity (Wildman–Crippen MR) is 94.1 cm³/mol. The highest BCUT2D eigenvalue weighted by Gasteiger charge is 2.34. The molecule has 27 heavy (non-hydrogen) atoms. The van der Waals surface area contributed by atoms with Gasteiger partial charge in [0.1, 0.15) is 28.7 Å². The average Bonchev–Trinajstić information content (AvgIpc) is 3.23. The third-order valence-corrected chi connectivity index (χ3v) is 4.03. The van der Waals surface area contributed by atoms with Gasteiger partial charge in [0.05, 0.1) is 11.3 Å². The Hall–Kier alpha value is -3.74. The van der Waals surface area contributed by atoms with Crippen LogP contribution >= 0.6 is 0 Å². The predicted octanol–water partition coefficient (Wildman–Crippen LogP) is 3.69. The second kappa shape index (κ2) is 6.53. The van der Waals surface area contributed by atoms with E-state index in [1.165, 1.54) is 42.5 Å². The number of hydrogen-bond acceptors (Lipinski definition) is 3. The number of furan rings is 1. The largest absolute Gasteiger partial charge is 0.457 e. The molecule has 2 aromatic carbocycles. The van der Waals surface area contributed by atoms with E-state index in [0.717, 1.165) is 5.01 Å². The molecule has 0 spiro atoms. The first-order valence-corrected chi connectivity index (χ1v) is 8.00. The summed E-state index contributed by atoms with van der Waals surface area (Å²) in [5.41, 5.74) is 2.86. The maximum absolute atomic E-state index is 13.9. The van der Waals surface area contributed by atoms with Crippen molar-refractivity contribution < 1.29 is 22.8 Å². The van der Waals surface area contributed by atoms with Gasteiger partial charge in [-0.15, -0.1) is 0 Å². The number of nitrogens with zero attached hydrogens (tertiary/aromatic N) is 1. The molecule has 0 saturated carbocycles. The van der Waals surface area contributed by atoms with Crippen LogP contribution in [0.25, 0.3) is 17.4 Å². The Morgan fingerprint density at radius 1 is 0.926 bits per heavy atom. The van der Waals surface area contributed by atoms with Crippen LogP contribution in [0.15, 0.2) is 70.7 Å². The summed E-state index contributed by atoms with van der Waals surface area (Å²) in [4.78, 5) is 24.7. The standard InChI is InChI=1S/C20H12F2N2O3/c21-12-5-7-13(8-6-12)24-20(26)16(19(25)23-24)11-14-9-10-18(27-14)15-3-1-2-4-17(15)22/h1-11H,(H,23,25). The smallest absolute Gasteiger partial charge is 0.282 e. The fraction of sp³-hybridized carbons (Fsp3) is 0. The van der Waals surface area contributed by atoms with Crippen molar-refractivity contribution in [3.8, 4) is 11.3 Å². The van der Waals surface area contributed by atoms with E-state index >= 15 is 0 Å². The van der Waals surface area contributed by atoms with Gasteiger partial charge in [0.25, 0.3) is 11.8 Å². The first-order valence-electron chi connectivity index (χ1n) is 8.00. The summed E-state index contributed by atoms with van der Waals surface area (Å²) in [7, 11) is 0. The lowest BCUT2D eigenvalue weighted by atomic mass is 10.1. The molecule has 2 amide bonds. The third kappa shape index (κ3) is 3.10. The highest BCUT2D eigenvalue weighted by molar-refractivity contribution is 6.31. The summed E-state index contributed by atoms with van der Waals surface area (Å²) in [5.74, 6) is -1.61. The van der Waals surface area contributed by atoms with Crippen LogP contribution in [0.1, 0.15) is 5.76 Å². The number of halogens is 2. The van der Waals surface area contributed by atoms with Crippen LogP contribution in [-0.4, -0.2) is 11.8 Å². The van der Waals surface area contributed by atoms with Gasteiger partial charge in [-0.3, -0.25) is 15.0 Å². The molecule has 0 atom stereocenters. The molecule has 0 unspecified atom stereocenters. The van der Waals surface area contributed by atoms with Crippen molar-refractivity contribution in [1.29, 1.82) is 0 Å². The van der Waals surface area contributed by atoms with Gasteiger partial charge in [-0.1, -0.05) is 12.1 Å². The van der Waals surface area contributed by atoms with Crippen molar-refractivity contribution >= 4 is 23.6 Å². The summed E-state index contributed by atoms with van der Waals surface area (Å²) in [6, 6.07) is 14.3. The molecule has 134 valence electrons. The van der Waals surface area contributed by atoms with Crippen molar-refractivity contribution in [1.82, 2.24) is 5.43 Å². The van der Waals surface area contributed by atoms with Gasteiger partial charge < -0.3 is 4.42 Å². The molecule has 7 heteroatoms. The highest BCUT2D eigenvalue weighted by atomic mass is 19.1. The second-order valence-corrected chi connectivity index (χ2v) is 5.80. The van der Waals surface area contributed by atoms with Crippen molar-refractivity contribution in [3.63, 3.8) is 0 Å². The third-order valence-electron chi connectivity index (χ3n) is 4.03. The van der Waals surface area contributed by atoms with E-state index in [0.29, 0.717) is 5.69 Å². The fourth-order valence-corrected chi connectivity index (χ4v) is 2.71. The topological polar surface area (TPSA) is 62.6 Å². The molecule has 0 radical (unpaired) electrons. The van der Waals surface area contributed by atoms with Crippen molar-refractivity contribution in [2.45, 2.75) is 0 Å². The molecule has 5 nitrogen and oxygen atoms in total. The van der Waals surface area contributed by atoms with Gasteiger partial charge >= 0.3 is 0 Å². The number of hydrogen-bond donors (Lipinski definition) is 1. The average molecular weight is 366 g/mol. The number of anilines is 1. The number of rotatable bonds is 3. The van der Waals surface area contributed by atoms with Crippen molar-refractivity contribution in [2.75, 3.05) is 5.01 Å². The van der Waals surface area contributed by atoms with Crippen LogP contribution in [-0.2, 0) is 9.59 Å². The van der Waals surface area contributed by atoms with Gasteiger partial charge in [0.2, 0.25) is 0 Å². The Labute approximate surface area is 152 Å². The number of carbonyl (C=O) groups is 2. The summed E-state index contributed by atoms with van der Waals surface area (Å²) >= 11 is 0. The van der Waals surface area contributed by atoms with Crippen LogP contribution in [0.4, 0.5) is 14.5 Å². The zero-order chi connectivity index (χ0) is 19.0. The Morgan fingerprint density at radius 2 is 1.67 bits per heavy atom. The molecule has 0 aliphatic carbocycles. The number of benzene rings is 2. The molecular weight excluding hydrogens is 354 g/mol. The number of carbonyl (C=O) groups excluding carboxylic acids is 2.